The van der Waals surface area contributed by atoms with Gasteiger partial charge in [-0.15, -0.1) is 11.3 Å². The number of hydrogen-bond acceptors (Lipinski definition) is 4. The molecule has 0 fully saturated rings. The zero-order valence-electron chi connectivity index (χ0n) is 11.9. The molecule has 4 heteroatoms. The van der Waals surface area contributed by atoms with E-state index < -0.39 is 0 Å². The van der Waals surface area contributed by atoms with E-state index in [-0.39, 0.29) is 12.6 Å². The zero-order valence-corrected chi connectivity index (χ0v) is 12.7. The van der Waals surface area contributed by atoms with Gasteiger partial charge in [0.1, 0.15) is 5.01 Å². The Morgan fingerprint density at radius 1 is 1.14 bits per heavy atom. The van der Waals surface area contributed by atoms with Crippen molar-refractivity contribution in [3.8, 4) is 0 Å². The number of nitrogens with zero attached hydrogens (tertiary/aromatic N) is 1. The van der Waals surface area contributed by atoms with Crippen LogP contribution in [0.2, 0.25) is 0 Å². The molecular weight excluding hydrogens is 280 g/mol. The lowest BCUT2D eigenvalue weighted by Gasteiger charge is -2.13. The van der Waals surface area contributed by atoms with Crippen molar-refractivity contribution in [1.82, 2.24) is 4.98 Å². The lowest BCUT2D eigenvalue weighted by Crippen LogP contribution is -2.06. The Hall–Kier alpha value is -1.91. The summed E-state index contributed by atoms with van der Waals surface area (Å²) in [4.78, 5) is 4.68. The lowest BCUT2D eigenvalue weighted by atomic mass is 10.1. The highest BCUT2D eigenvalue weighted by molar-refractivity contribution is 7.18. The van der Waals surface area contributed by atoms with Crippen LogP contribution in [-0.4, -0.2) is 16.7 Å². The smallest absolute Gasteiger partial charge is 0.116 e. The van der Waals surface area contributed by atoms with Crippen molar-refractivity contribution < 1.29 is 5.11 Å². The van der Waals surface area contributed by atoms with Crippen LogP contribution in [0.3, 0.4) is 0 Å². The van der Waals surface area contributed by atoms with Crippen molar-refractivity contribution in [3.63, 3.8) is 0 Å². The molecule has 0 amide bonds. The third-order valence-electron chi connectivity index (χ3n) is 3.42. The van der Waals surface area contributed by atoms with Gasteiger partial charge in [0, 0.05) is 12.3 Å². The number of aliphatic hydroxyl groups is 1. The average Bonchev–Trinajstić information content (AvgIpc) is 2.94. The maximum atomic E-state index is 8.93. The van der Waals surface area contributed by atoms with Crippen LogP contribution in [0, 0.1) is 0 Å². The summed E-state index contributed by atoms with van der Waals surface area (Å²) >= 11 is 1.73. The first-order chi connectivity index (χ1) is 10.3. The summed E-state index contributed by atoms with van der Waals surface area (Å²) in [6.07, 6.45) is 0.702. The number of hydrogen-bond donors (Lipinski definition) is 2. The molecule has 0 aliphatic rings. The number of benzene rings is 2. The molecule has 2 aromatic carbocycles. The number of para-hydroxylation sites is 1. The van der Waals surface area contributed by atoms with Gasteiger partial charge in [0.05, 0.1) is 16.3 Å². The van der Waals surface area contributed by atoms with E-state index >= 15 is 0 Å². The standard InChI is InChI=1S/C17H18N2OS/c1-12(17-19-15-4-2-3-5-16(15)21-17)18-14-8-6-13(7-9-14)10-11-20/h2-9,12,18,20H,10-11H2,1H3. The minimum atomic E-state index is 0.172. The Morgan fingerprint density at radius 2 is 1.90 bits per heavy atom. The number of anilines is 1. The number of aromatic nitrogens is 1. The van der Waals surface area contributed by atoms with Gasteiger partial charge >= 0.3 is 0 Å². The first-order valence-electron chi connectivity index (χ1n) is 7.08. The molecule has 21 heavy (non-hydrogen) atoms. The summed E-state index contributed by atoms with van der Waals surface area (Å²) in [5.74, 6) is 0. The highest BCUT2D eigenvalue weighted by Gasteiger charge is 2.11. The first kappa shape index (κ1) is 14.0. The Balaban J connectivity index is 1.74. The van der Waals surface area contributed by atoms with Gasteiger partial charge in [-0.2, -0.15) is 0 Å². The zero-order chi connectivity index (χ0) is 14.7. The van der Waals surface area contributed by atoms with E-state index in [1.54, 1.807) is 11.3 Å². The lowest BCUT2D eigenvalue weighted by molar-refractivity contribution is 0.299. The Bertz CT molecular complexity index is 688. The number of aliphatic hydroxyl groups excluding tert-OH is 1. The van der Waals surface area contributed by atoms with Gasteiger partial charge in [-0.3, -0.25) is 0 Å². The molecule has 108 valence electrons. The number of rotatable bonds is 5. The summed E-state index contributed by atoms with van der Waals surface area (Å²) in [6.45, 7) is 2.31. The molecule has 3 nitrogen and oxygen atoms in total. The third-order valence-corrected chi connectivity index (χ3v) is 4.64. The molecule has 3 aromatic rings. The molecule has 0 aliphatic heterocycles. The van der Waals surface area contributed by atoms with Crippen molar-refractivity contribution in [2.75, 3.05) is 11.9 Å². The van der Waals surface area contributed by atoms with E-state index in [1.807, 2.05) is 30.3 Å². The molecule has 1 unspecified atom stereocenters. The van der Waals surface area contributed by atoms with Gasteiger partial charge < -0.3 is 10.4 Å². The van der Waals surface area contributed by atoms with E-state index in [4.69, 9.17) is 5.11 Å². The monoisotopic (exact) mass is 298 g/mol. The SMILES string of the molecule is CC(Nc1ccc(CCO)cc1)c1nc2ccccc2s1. The van der Waals surface area contributed by atoms with Gasteiger partial charge in [0.25, 0.3) is 0 Å². The summed E-state index contributed by atoms with van der Waals surface area (Å²) in [7, 11) is 0. The summed E-state index contributed by atoms with van der Waals surface area (Å²) < 4.78 is 1.22. The fourth-order valence-electron chi connectivity index (χ4n) is 2.28. The van der Waals surface area contributed by atoms with Gasteiger partial charge in [-0.05, 0) is 43.2 Å². The Kier molecular flexibility index (Phi) is 4.18. The third kappa shape index (κ3) is 3.23. The highest BCUT2D eigenvalue weighted by atomic mass is 32.1. The minimum absolute atomic E-state index is 0.172. The highest BCUT2D eigenvalue weighted by Crippen LogP contribution is 2.28. The fraction of sp³-hybridized carbons (Fsp3) is 0.235. The second-order valence-corrected chi connectivity index (χ2v) is 6.12. The molecule has 0 saturated carbocycles. The largest absolute Gasteiger partial charge is 0.396 e. The van der Waals surface area contributed by atoms with Crippen molar-refractivity contribution in [2.45, 2.75) is 19.4 Å². The average molecular weight is 298 g/mol. The molecule has 0 radical (unpaired) electrons. The van der Waals surface area contributed by atoms with Crippen LogP contribution >= 0.6 is 11.3 Å². The molecule has 1 heterocycles. The van der Waals surface area contributed by atoms with Crippen molar-refractivity contribution in [3.05, 3.63) is 59.1 Å². The number of thiazole rings is 1. The molecule has 0 saturated heterocycles. The van der Waals surface area contributed by atoms with Gasteiger partial charge in [-0.25, -0.2) is 4.98 Å². The summed E-state index contributed by atoms with van der Waals surface area (Å²) in [5.41, 5.74) is 3.28. The van der Waals surface area contributed by atoms with Crippen LogP contribution in [0.1, 0.15) is 23.5 Å². The van der Waals surface area contributed by atoms with Crippen LogP contribution in [0.4, 0.5) is 5.69 Å². The number of nitrogens with one attached hydrogen (secondary N) is 1. The van der Waals surface area contributed by atoms with Crippen LogP contribution in [-0.2, 0) is 6.42 Å². The second kappa shape index (κ2) is 6.24. The summed E-state index contributed by atoms with van der Waals surface area (Å²) in [5, 5.41) is 13.5. The van der Waals surface area contributed by atoms with Gasteiger partial charge in [0.15, 0.2) is 0 Å². The molecule has 0 aliphatic carbocycles. The van der Waals surface area contributed by atoms with Crippen LogP contribution in [0.5, 0.6) is 0 Å². The maximum absolute atomic E-state index is 8.93. The Labute approximate surface area is 128 Å². The summed E-state index contributed by atoms with van der Waals surface area (Å²) in [6, 6.07) is 16.6. The molecule has 2 N–H and O–H groups in total. The molecule has 1 atom stereocenters. The predicted molar refractivity (Wildman–Crippen MR) is 88.9 cm³/mol. The van der Waals surface area contributed by atoms with E-state index in [1.165, 1.54) is 4.70 Å². The normalized spacial score (nSPS) is 12.5. The van der Waals surface area contributed by atoms with Crippen molar-refractivity contribution >= 4 is 27.2 Å². The van der Waals surface area contributed by atoms with Crippen LogP contribution < -0.4 is 5.32 Å². The van der Waals surface area contributed by atoms with Crippen molar-refractivity contribution in [2.24, 2.45) is 0 Å². The van der Waals surface area contributed by atoms with E-state index in [0.29, 0.717) is 6.42 Å². The second-order valence-electron chi connectivity index (χ2n) is 5.06. The van der Waals surface area contributed by atoms with Gasteiger partial charge in [0.2, 0.25) is 0 Å². The quantitative estimate of drug-likeness (QED) is 0.748. The maximum Gasteiger partial charge on any atom is 0.116 e. The fourth-order valence-corrected chi connectivity index (χ4v) is 3.25. The van der Waals surface area contributed by atoms with Crippen LogP contribution in [0.15, 0.2) is 48.5 Å². The van der Waals surface area contributed by atoms with E-state index in [2.05, 4.69) is 35.4 Å². The predicted octanol–water partition coefficient (Wildman–Crippen LogP) is 4.00. The molecule has 0 spiro atoms. The van der Waals surface area contributed by atoms with Crippen molar-refractivity contribution in [1.29, 1.82) is 0 Å². The topological polar surface area (TPSA) is 45.1 Å². The molecule has 1 aromatic heterocycles. The minimum Gasteiger partial charge on any atom is -0.396 e. The van der Waals surface area contributed by atoms with Gasteiger partial charge in [-0.1, -0.05) is 24.3 Å². The van der Waals surface area contributed by atoms with E-state index in [9.17, 15) is 0 Å². The van der Waals surface area contributed by atoms with E-state index in [0.717, 1.165) is 21.8 Å². The Morgan fingerprint density at radius 3 is 2.62 bits per heavy atom. The molecular formula is C17H18N2OS. The molecule has 3 rings (SSSR count). The first-order valence-corrected chi connectivity index (χ1v) is 7.90. The van der Waals surface area contributed by atoms with Crippen LogP contribution in [0.25, 0.3) is 10.2 Å². The molecule has 0 bridgehead atoms. The number of fused-ring (bicyclic) bond motifs is 1.